The van der Waals surface area contributed by atoms with Crippen molar-refractivity contribution >= 4 is 25.7 Å². The number of carbonyl (C=O) groups is 3. The second-order valence-corrected chi connectivity index (χ2v) is 16.3. The van der Waals surface area contributed by atoms with Gasteiger partial charge in [0.15, 0.2) is 6.04 Å². The van der Waals surface area contributed by atoms with E-state index < -0.39 is 57.6 Å². The predicted octanol–water partition coefficient (Wildman–Crippen LogP) is 11.6. The van der Waals surface area contributed by atoms with E-state index >= 15 is 0 Å². The number of aliphatic hydroxyl groups is 1. The minimum absolute atomic E-state index is 0.143. The summed E-state index contributed by atoms with van der Waals surface area (Å²) in [6.07, 6.45) is 46.8. The minimum Gasteiger partial charge on any atom is -0.480 e. The molecule has 0 aromatic carbocycles. The zero-order valence-electron chi connectivity index (χ0n) is 36.1. The Morgan fingerprint density at radius 3 is 1.47 bits per heavy atom. The Kier molecular flexibility index (Phi) is 38.9. The minimum atomic E-state index is -4.77. The number of hydrogen-bond donors (Lipinski definition) is 4. The van der Waals surface area contributed by atoms with Crippen molar-refractivity contribution < 1.29 is 47.8 Å². The molecule has 0 fully saturated rings. The molecule has 0 aliphatic rings. The standard InChI is InChI=1S/C46H80NO10P/c1-3-5-7-9-11-13-15-17-19-21-23-25-27-29-31-33-35-37-44(49)47-43(46(51)52)41-57-58(53,54)56-40-42(48)39-55-45(50)38-36-34-32-30-28-26-24-22-20-18-16-14-12-10-8-6-4-2/h6,8,12,14,18,20,24,26,30,32,42-43,48H,3-5,7,9-11,13,15-17,19,21-23,25,27-29,31,33-41H2,1-2H3,(H,47,49)(H,51,52)(H,53,54)/b8-6-,14-12-,20-18-,26-24-,32-30-. The average Bonchev–Trinajstić information content (AvgIpc) is 3.20. The lowest BCUT2D eigenvalue weighted by molar-refractivity contribution is -0.147. The molecule has 0 aliphatic heterocycles. The number of phosphoric acid groups is 1. The Bertz CT molecular complexity index is 1210. The van der Waals surface area contributed by atoms with Gasteiger partial charge in [-0.15, -0.1) is 0 Å². The molecule has 0 heterocycles. The number of aliphatic carboxylic acids is 1. The van der Waals surface area contributed by atoms with Crippen LogP contribution < -0.4 is 5.32 Å². The zero-order valence-corrected chi connectivity index (χ0v) is 37.0. The number of ether oxygens (including phenoxy) is 1. The van der Waals surface area contributed by atoms with Gasteiger partial charge in [-0.25, -0.2) is 9.36 Å². The van der Waals surface area contributed by atoms with Crippen LogP contribution in [0.15, 0.2) is 60.8 Å². The first kappa shape index (κ1) is 55.2. The molecular formula is C46H80NO10P. The van der Waals surface area contributed by atoms with E-state index in [0.717, 1.165) is 51.4 Å². The number of esters is 1. The summed E-state index contributed by atoms with van der Waals surface area (Å²) >= 11 is 0. The fraction of sp³-hybridized carbons (Fsp3) is 0.717. The lowest BCUT2D eigenvalue weighted by Gasteiger charge is -2.18. The lowest BCUT2D eigenvalue weighted by atomic mass is 10.0. The maximum absolute atomic E-state index is 12.3. The molecule has 1 amide bonds. The highest BCUT2D eigenvalue weighted by Gasteiger charge is 2.28. The summed E-state index contributed by atoms with van der Waals surface area (Å²) in [7, 11) is -4.77. The van der Waals surface area contributed by atoms with Crippen LogP contribution in [-0.4, -0.2) is 64.9 Å². The molecule has 0 aromatic heterocycles. The van der Waals surface area contributed by atoms with Crippen LogP contribution in [0.4, 0.5) is 0 Å². The molecule has 58 heavy (non-hydrogen) atoms. The second kappa shape index (κ2) is 40.9. The Balaban J connectivity index is 3.96. The van der Waals surface area contributed by atoms with E-state index in [4.69, 9.17) is 13.8 Å². The summed E-state index contributed by atoms with van der Waals surface area (Å²) in [6.45, 7) is 2.43. The molecule has 11 nitrogen and oxygen atoms in total. The highest BCUT2D eigenvalue weighted by molar-refractivity contribution is 7.47. The molecule has 0 aliphatic carbocycles. The molecule has 334 valence electrons. The molecule has 12 heteroatoms. The number of allylic oxidation sites excluding steroid dienone is 10. The predicted molar refractivity (Wildman–Crippen MR) is 235 cm³/mol. The number of carbonyl (C=O) groups excluding carboxylic acids is 2. The Morgan fingerprint density at radius 2 is 1.00 bits per heavy atom. The quantitative estimate of drug-likeness (QED) is 0.0201. The topological polar surface area (TPSA) is 169 Å². The van der Waals surface area contributed by atoms with Gasteiger partial charge in [0.1, 0.15) is 12.7 Å². The van der Waals surface area contributed by atoms with Crippen molar-refractivity contribution in [3.05, 3.63) is 60.8 Å². The van der Waals surface area contributed by atoms with Crippen molar-refractivity contribution in [2.45, 2.75) is 193 Å². The molecule has 4 N–H and O–H groups in total. The smallest absolute Gasteiger partial charge is 0.472 e. The SMILES string of the molecule is CC/C=C\C/C=C\C/C=C\C/C=C\C/C=C\CCCC(=O)OCC(O)COP(=O)(O)OCC(NC(=O)CCCCCCCCCCCCCCCCCCC)C(=O)O. The van der Waals surface area contributed by atoms with Crippen LogP contribution in [0.2, 0.25) is 0 Å². The number of amides is 1. The van der Waals surface area contributed by atoms with E-state index in [2.05, 4.69) is 67.8 Å². The number of carboxylic acid groups (broad SMARTS) is 1. The third-order valence-electron chi connectivity index (χ3n) is 9.32. The number of carboxylic acids is 1. The van der Waals surface area contributed by atoms with Crippen LogP contribution >= 0.6 is 7.82 Å². The number of rotatable bonds is 41. The number of unbranched alkanes of at least 4 members (excludes halogenated alkanes) is 17. The van der Waals surface area contributed by atoms with Gasteiger partial charge in [0, 0.05) is 12.8 Å². The molecular weight excluding hydrogens is 757 g/mol. The lowest BCUT2D eigenvalue weighted by Crippen LogP contribution is -2.43. The zero-order chi connectivity index (χ0) is 42.8. The maximum Gasteiger partial charge on any atom is 0.472 e. The van der Waals surface area contributed by atoms with Crippen molar-refractivity contribution in [2.75, 3.05) is 19.8 Å². The molecule has 0 saturated carbocycles. The van der Waals surface area contributed by atoms with Crippen LogP contribution in [0.3, 0.4) is 0 Å². The van der Waals surface area contributed by atoms with Gasteiger partial charge in [-0.05, 0) is 51.4 Å². The first-order valence-electron chi connectivity index (χ1n) is 22.3. The first-order chi connectivity index (χ1) is 28.1. The fourth-order valence-electron chi connectivity index (χ4n) is 5.88. The molecule has 0 saturated heterocycles. The van der Waals surface area contributed by atoms with Crippen molar-refractivity contribution in [2.24, 2.45) is 0 Å². The maximum atomic E-state index is 12.3. The molecule has 0 radical (unpaired) electrons. The van der Waals surface area contributed by atoms with Gasteiger partial charge in [0.05, 0.1) is 13.2 Å². The van der Waals surface area contributed by atoms with Crippen LogP contribution in [0, 0.1) is 0 Å². The summed E-state index contributed by atoms with van der Waals surface area (Å²) in [4.78, 5) is 45.9. The van der Waals surface area contributed by atoms with Gasteiger partial charge >= 0.3 is 19.8 Å². The van der Waals surface area contributed by atoms with Gasteiger partial charge in [0.2, 0.25) is 5.91 Å². The summed E-state index contributed by atoms with van der Waals surface area (Å²) in [5.41, 5.74) is 0. The van der Waals surface area contributed by atoms with Crippen molar-refractivity contribution in [3.8, 4) is 0 Å². The van der Waals surface area contributed by atoms with Crippen LogP contribution in [0.25, 0.3) is 0 Å². The molecule has 3 atom stereocenters. The summed E-state index contributed by atoms with van der Waals surface area (Å²) in [5, 5.41) is 21.8. The highest BCUT2D eigenvalue weighted by Crippen LogP contribution is 2.43. The fourth-order valence-corrected chi connectivity index (χ4v) is 6.65. The summed E-state index contributed by atoms with van der Waals surface area (Å²) in [6, 6.07) is -1.55. The Labute approximate surface area is 351 Å². The van der Waals surface area contributed by atoms with Crippen LogP contribution in [-0.2, 0) is 32.7 Å². The van der Waals surface area contributed by atoms with Crippen LogP contribution in [0.5, 0.6) is 0 Å². The largest absolute Gasteiger partial charge is 0.480 e. The number of aliphatic hydroxyl groups excluding tert-OH is 1. The third-order valence-corrected chi connectivity index (χ3v) is 10.3. The molecule has 0 aromatic rings. The monoisotopic (exact) mass is 838 g/mol. The van der Waals surface area contributed by atoms with E-state index in [0.29, 0.717) is 19.3 Å². The van der Waals surface area contributed by atoms with E-state index in [9.17, 15) is 34.1 Å². The Morgan fingerprint density at radius 1 is 0.569 bits per heavy atom. The van der Waals surface area contributed by atoms with Crippen molar-refractivity contribution in [3.63, 3.8) is 0 Å². The van der Waals surface area contributed by atoms with Gasteiger partial charge in [-0.1, -0.05) is 177 Å². The van der Waals surface area contributed by atoms with E-state index in [-0.39, 0.29) is 12.8 Å². The number of hydrogen-bond acceptors (Lipinski definition) is 8. The first-order valence-corrected chi connectivity index (χ1v) is 23.8. The summed E-state index contributed by atoms with van der Waals surface area (Å²) < 4.78 is 26.8. The molecule has 0 rings (SSSR count). The number of phosphoric ester groups is 1. The van der Waals surface area contributed by atoms with Gasteiger partial charge in [0.25, 0.3) is 0 Å². The molecule has 0 bridgehead atoms. The van der Waals surface area contributed by atoms with Gasteiger partial charge in [-0.3, -0.25) is 18.6 Å². The normalized spacial score (nSPS) is 14.3. The molecule has 0 spiro atoms. The van der Waals surface area contributed by atoms with Crippen molar-refractivity contribution in [1.29, 1.82) is 0 Å². The average molecular weight is 838 g/mol. The molecule has 3 unspecified atom stereocenters. The van der Waals surface area contributed by atoms with Gasteiger partial charge in [-0.2, -0.15) is 0 Å². The van der Waals surface area contributed by atoms with Crippen molar-refractivity contribution in [1.82, 2.24) is 5.32 Å². The second-order valence-electron chi connectivity index (χ2n) is 14.9. The summed E-state index contributed by atoms with van der Waals surface area (Å²) in [5.74, 6) is -2.44. The third kappa shape index (κ3) is 40.0. The van der Waals surface area contributed by atoms with Crippen LogP contribution in [0.1, 0.15) is 181 Å². The van der Waals surface area contributed by atoms with E-state index in [1.807, 2.05) is 12.2 Å². The Hall–Kier alpha value is -2.82. The van der Waals surface area contributed by atoms with Gasteiger partial charge < -0.3 is 25.2 Å². The van der Waals surface area contributed by atoms with E-state index in [1.54, 1.807) is 0 Å². The highest BCUT2D eigenvalue weighted by atomic mass is 31.2. The number of nitrogens with one attached hydrogen (secondary N) is 1. The van der Waals surface area contributed by atoms with E-state index in [1.165, 1.54) is 83.5 Å².